The number of hydrogen-bond acceptors (Lipinski definition) is 7. The van der Waals surface area contributed by atoms with Crippen LogP contribution in [0, 0.1) is 10.1 Å². The van der Waals surface area contributed by atoms with E-state index in [9.17, 15) is 19.7 Å². The van der Waals surface area contributed by atoms with Gasteiger partial charge in [-0.05, 0) is 42.0 Å². The number of nitrogens with one attached hydrogen (secondary N) is 1. The molecule has 0 aliphatic heterocycles. The van der Waals surface area contributed by atoms with Gasteiger partial charge in [0.1, 0.15) is 22.9 Å². The van der Waals surface area contributed by atoms with Crippen LogP contribution in [-0.2, 0) is 11.3 Å². The quantitative estimate of drug-likeness (QED) is 0.235. The van der Waals surface area contributed by atoms with E-state index in [1.807, 2.05) is 30.3 Å². The zero-order chi connectivity index (χ0) is 25.1. The lowest BCUT2D eigenvalue weighted by Crippen LogP contribution is -2.27. The minimum Gasteiger partial charge on any atom is -0.457 e. The van der Waals surface area contributed by atoms with E-state index in [-0.39, 0.29) is 12.2 Å². The molecule has 0 bridgehead atoms. The number of ether oxygens (including phenoxy) is 1. The van der Waals surface area contributed by atoms with E-state index in [4.69, 9.17) is 4.74 Å². The molecule has 0 fully saturated rings. The average molecular weight is 499 g/mol. The molecule has 1 N–H and O–H groups in total. The first-order valence-electron chi connectivity index (χ1n) is 10.8. The topological polar surface area (TPSA) is 116 Å². The molecule has 178 valence electrons. The van der Waals surface area contributed by atoms with Crippen molar-refractivity contribution in [3.8, 4) is 22.6 Å². The molecule has 0 radical (unpaired) electrons. The molecule has 0 saturated heterocycles. The molecule has 5 rings (SSSR count). The van der Waals surface area contributed by atoms with Gasteiger partial charge in [-0.1, -0.05) is 30.3 Å². The fourth-order valence-electron chi connectivity index (χ4n) is 3.67. The van der Waals surface area contributed by atoms with Gasteiger partial charge in [-0.3, -0.25) is 24.3 Å². The van der Waals surface area contributed by atoms with E-state index in [0.717, 1.165) is 0 Å². The van der Waals surface area contributed by atoms with Crippen LogP contribution in [0.5, 0.6) is 11.5 Å². The molecule has 9 nitrogen and oxygen atoms in total. The number of non-ortho nitro benzene ring substituents is 1. The zero-order valence-corrected chi connectivity index (χ0v) is 19.5. The fraction of sp³-hybridized carbons (Fsp3) is 0.0385. The van der Waals surface area contributed by atoms with Gasteiger partial charge in [-0.25, -0.2) is 4.98 Å². The summed E-state index contributed by atoms with van der Waals surface area (Å²) in [6, 6.07) is 22.3. The molecular formula is C26H18N4O5S. The van der Waals surface area contributed by atoms with Crippen molar-refractivity contribution in [1.82, 2.24) is 9.55 Å². The molecule has 2 aromatic heterocycles. The minimum absolute atomic E-state index is 0.0735. The molecule has 10 heteroatoms. The van der Waals surface area contributed by atoms with Gasteiger partial charge in [0.25, 0.3) is 11.2 Å². The lowest BCUT2D eigenvalue weighted by atomic mass is 10.1. The third-order valence-corrected chi connectivity index (χ3v) is 6.25. The molecule has 0 spiro atoms. The lowest BCUT2D eigenvalue weighted by molar-refractivity contribution is -0.384. The number of thiophene rings is 1. The summed E-state index contributed by atoms with van der Waals surface area (Å²) in [7, 11) is 0. The van der Waals surface area contributed by atoms with E-state index in [0.29, 0.717) is 38.5 Å². The zero-order valence-electron chi connectivity index (χ0n) is 18.7. The molecule has 0 unspecified atom stereocenters. The molecule has 3 aromatic carbocycles. The van der Waals surface area contributed by atoms with E-state index in [1.165, 1.54) is 34.4 Å². The predicted octanol–water partition coefficient (Wildman–Crippen LogP) is 5.46. The summed E-state index contributed by atoms with van der Waals surface area (Å²) in [5.41, 5.74) is 1.16. The molecule has 0 saturated carbocycles. The van der Waals surface area contributed by atoms with Crippen molar-refractivity contribution in [1.29, 1.82) is 0 Å². The van der Waals surface area contributed by atoms with Gasteiger partial charge < -0.3 is 10.1 Å². The van der Waals surface area contributed by atoms with Crippen LogP contribution in [0.4, 0.5) is 11.4 Å². The van der Waals surface area contributed by atoms with Crippen LogP contribution < -0.4 is 15.6 Å². The first-order chi connectivity index (χ1) is 17.5. The number of amides is 1. The first-order valence-corrected chi connectivity index (χ1v) is 11.7. The van der Waals surface area contributed by atoms with Crippen molar-refractivity contribution in [3.63, 3.8) is 0 Å². The summed E-state index contributed by atoms with van der Waals surface area (Å²) in [5.74, 6) is 0.924. The Hall–Kier alpha value is -4.83. The second kappa shape index (κ2) is 9.80. The number of fused-ring (bicyclic) bond motifs is 1. The predicted molar refractivity (Wildman–Crippen MR) is 138 cm³/mol. The number of rotatable bonds is 7. The van der Waals surface area contributed by atoms with Crippen molar-refractivity contribution in [2.24, 2.45) is 0 Å². The number of nitro groups is 1. The maximum Gasteiger partial charge on any atom is 0.270 e. The molecule has 36 heavy (non-hydrogen) atoms. The standard InChI is InChI=1S/C26H18N4O5S/c31-23(28-18-9-11-21(12-10-18)35-20-7-2-1-3-8-20)14-29-16-27-25-24(26(29)32)22(15-36-25)17-5-4-6-19(13-17)30(33)34/h1-13,15-16H,14H2,(H,28,31). The Morgan fingerprint density at radius 2 is 1.78 bits per heavy atom. The van der Waals surface area contributed by atoms with Crippen LogP contribution in [0.2, 0.25) is 0 Å². The summed E-state index contributed by atoms with van der Waals surface area (Å²) >= 11 is 1.26. The molecule has 0 aliphatic carbocycles. The molecule has 2 heterocycles. The van der Waals surface area contributed by atoms with Crippen molar-refractivity contribution in [2.75, 3.05) is 5.32 Å². The smallest absolute Gasteiger partial charge is 0.270 e. The Bertz CT molecular complexity index is 1630. The number of nitro benzene ring substituents is 1. The minimum atomic E-state index is -0.487. The maximum atomic E-state index is 13.2. The summed E-state index contributed by atoms with van der Waals surface area (Å²) in [6.45, 7) is -0.242. The molecular weight excluding hydrogens is 480 g/mol. The second-order valence-corrected chi connectivity index (χ2v) is 8.66. The fourth-order valence-corrected chi connectivity index (χ4v) is 4.57. The van der Waals surface area contributed by atoms with Gasteiger partial charge >= 0.3 is 0 Å². The Morgan fingerprint density at radius 1 is 1.03 bits per heavy atom. The van der Waals surface area contributed by atoms with Crippen LogP contribution in [-0.4, -0.2) is 20.4 Å². The van der Waals surface area contributed by atoms with Gasteiger partial charge in [0.05, 0.1) is 16.6 Å². The van der Waals surface area contributed by atoms with Crippen LogP contribution in [0.1, 0.15) is 0 Å². The van der Waals surface area contributed by atoms with E-state index >= 15 is 0 Å². The Kier molecular flexibility index (Phi) is 6.25. The third kappa shape index (κ3) is 4.84. The number of nitrogens with zero attached hydrogens (tertiary/aromatic N) is 3. The highest BCUT2D eigenvalue weighted by Gasteiger charge is 2.16. The maximum absolute atomic E-state index is 13.2. The summed E-state index contributed by atoms with van der Waals surface area (Å²) in [4.78, 5) is 41.3. The number of anilines is 1. The largest absolute Gasteiger partial charge is 0.457 e. The first kappa shape index (κ1) is 22.9. The Morgan fingerprint density at radius 3 is 2.53 bits per heavy atom. The highest BCUT2D eigenvalue weighted by Crippen LogP contribution is 2.32. The van der Waals surface area contributed by atoms with Gasteiger partial charge in [0.2, 0.25) is 5.91 Å². The molecule has 1 amide bonds. The van der Waals surface area contributed by atoms with Crippen molar-refractivity contribution >= 4 is 38.8 Å². The third-order valence-electron chi connectivity index (χ3n) is 5.36. The normalized spacial score (nSPS) is 10.8. The lowest BCUT2D eigenvalue weighted by Gasteiger charge is -2.09. The van der Waals surface area contributed by atoms with Crippen LogP contribution in [0.15, 0.2) is 95.4 Å². The SMILES string of the molecule is O=C(Cn1cnc2scc(-c3cccc([N+](=O)[O-])c3)c2c1=O)Nc1ccc(Oc2ccccc2)cc1. The van der Waals surface area contributed by atoms with Gasteiger partial charge in [-0.15, -0.1) is 11.3 Å². The van der Waals surface area contributed by atoms with E-state index in [2.05, 4.69) is 10.3 Å². The van der Waals surface area contributed by atoms with E-state index < -0.39 is 16.4 Å². The number of benzene rings is 3. The van der Waals surface area contributed by atoms with E-state index in [1.54, 1.807) is 41.8 Å². The molecule has 0 atom stereocenters. The summed E-state index contributed by atoms with van der Waals surface area (Å²) < 4.78 is 6.97. The number of carbonyl (C=O) groups is 1. The van der Waals surface area contributed by atoms with Crippen LogP contribution >= 0.6 is 11.3 Å². The highest BCUT2D eigenvalue weighted by molar-refractivity contribution is 7.17. The molecule has 5 aromatic rings. The monoisotopic (exact) mass is 498 g/mol. The highest BCUT2D eigenvalue weighted by atomic mass is 32.1. The van der Waals surface area contributed by atoms with Crippen LogP contribution in [0.3, 0.4) is 0 Å². The van der Waals surface area contributed by atoms with Gasteiger partial charge in [0, 0.05) is 28.8 Å². The molecule has 0 aliphatic rings. The number of para-hydroxylation sites is 1. The van der Waals surface area contributed by atoms with Gasteiger partial charge in [0.15, 0.2) is 0 Å². The Labute approximate surface area is 208 Å². The number of carbonyl (C=O) groups excluding carboxylic acids is 1. The number of aromatic nitrogens is 2. The van der Waals surface area contributed by atoms with Crippen molar-refractivity contribution in [2.45, 2.75) is 6.54 Å². The van der Waals surface area contributed by atoms with Crippen molar-refractivity contribution in [3.05, 3.63) is 111 Å². The van der Waals surface area contributed by atoms with Crippen LogP contribution in [0.25, 0.3) is 21.3 Å². The summed E-state index contributed by atoms with van der Waals surface area (Å²) in [6.07, 6.45) is 1.33. The Balaban J connectivity index is 1.33. The second-order valence-electron chi connectivity index (χ2n) is 7.80. The average Bonchev–Trinajstić information content (AvgIpc) is 3.33. The van der Waals surface area contributed by atoms with Gasteiger partial charge in [-0.2, -0.15) is 0 Å². The van der Waals surface area contributed by atoms with Crippen molar-refractivity contribution < 1.29 is 14.5 Å². The number of hydrogen-bond donors (Lipinski definition) is 1. The summed E-state index contributed by atoms with van der Waals surface area (Å²) in [5, 5.41) is 16.0.